The van der Waals surface area contributed by atoms with Gasteiger partial charge in [-0.3, -0.25) is 0 Å². The molecule has 2 unspecified atom stereocenters. The van der Waals surface area contributed by atoms with Crippen LogP contribution in [0.4, 0.5) is 0 Å². The molecule has 1 aliphatic rings. The van der Waals surface area contributed by atoms with Crippen LogP contribution in [0.25, 0.3) is 0 Å². The lowest BCUT2D eigenvalue weighted by Gasteiger charge is -2.36. The van der Waals surface area contributed by atoms with Crippen LogP contribution < -0.4 is 5.32 Å². The quantitative estimate of drug-likeness (QED) is 0.201. The van der Waals surface area contributed by atoms with Crippen molar-refractivity contribution in [2.24, 2.45) is 5.92 Å². The number of rotatable bonds is 9. The molecule has 5 nitrogen and oxygen atoms in total. The Bertz CT molecular complexity index is 1100. The molecule has 0 radical (unpaired) electrons. The van der Waals surface area contributed by atoms with Gasteiger partial charge < -0.3 is 14.8 Å². The van der Waals surface area contributed by atoms with E-state index in [0.29, 0.717) is 12.2 Å². The van der Waals surface area contributed by atoms with E-state index in [0.717, 1.165) is 23.1 Å². The number of nitriles is 2. The standard InChI is InChI=1S/C30H29N3O2/c1-23-19-28(35-29(23)24(20-32)21-33-18-17-31)22-34-30(25-11-5-2-6-12-25,26-13-7-3-8-14-26)27-15-9-4-10-16-27/h2-16,21,23,28-29,33H,18-19,22H2,1H3/b24-21+/t23?,28-,29?/m0/s1. The minimum atomic E-state index is -0.809. The summed E-state index contributed by atoms with van der Waals surface area (Å²) in [5.74, 6) is 0.151. The molecule has 0 saturated carbocycles. The molecule has 3 aromatic carbocycles. The first-order valence-corrected chi connectivity index (χ1v) is 11.9. The highest BCUT2D eigenvalue weighted by Gasteiger charge is 2.41. The van der Waals surface area contributed by atoms with Gasteiger partial charge in [0.2, 0.25) is 0 Å². The van der Waals surface area contributed by atoms with E-state index < -0.39 is 5.60 Å². The van der Waals surface area contributed by atoms with Crippen molar-refractivity contribution in [1.29, 1.82) is 10.5 Å². The zero-order chi connectivity index (χ0) is 24.5. The maximum Gasteiger partial charge on any atom is 0.143 e. The molecular formula is C30H29N3O2. The van der Waals surface area contributed by atoms with Crippen LogP contribution in [-0.2, 0) is 15.1 Å². The maximum atomic E-state index is 9.64. The predicted molar refractivity (Wildman–Crippen MR) is 135 cm³/mol. The molecule has 5 heteroatoms. The largest absolute Gasteiger partial charge is 0.377 e. The molecule has 0 amide bonds. The van der Waals surface area contributed by atoms with E-state index >= 15 is 0 Å². The molecule has 35 heavy (non-hydrogen) atoms. The van der Waals surface area contributed by atoms with Gasteiger partial charge in [-0.05, 0) is 29.0 Å². The number of hydrogen-bond donors (Lipinski definition) is 1. The molecule has 1 N–H and O–H groups in total. The van der Waals surface area contributed by atoms with Gasteiger partial charge in [0.15, 0.2) is 0 Å². The Morgan fingerprint density at radius 2 is 1.46 bits per heavy atom. The monoisotopic (exact) mass is 463 g/mol. The Labute approximate surface area is 207 Å². The third kappa shape index (κ3) is 5.28. The van der Waals surface area contributed by atoms with E-state index in [-0.39, 0.29) is 24.7 Å². The van der Waals surface area contributed by atoms with Gasteiger partial charge in [-0.15, -0.1) is 0 Å². The van der Waals surface area contributed by atoms with Crippen molar-refractivity contribution >= 4 is 0 Å². The summed E-state index contributed by atoms with van der Waals surface area (Å²) in [4.78, 5) is 0. The second-order valence-corrected chi connectivity index (χ2v) is 8.73. The fourth-order valence-corrected chi connectivity index (χ4v) is 4.79. The van der Waals surface area contributed by atoms with Crippen LogP contribution in [0.15, 0.2) is 103 Å². The molecule has 0 aromatic heterocycles. The highest BCUT2D eigenvalue weighted by atomic mass is 16.6. The molecule has 3 aromatic rings. The fraction of sp³-hybridized carbons (Fsp3) is 0.267. The van der Waals surface area contributed by atoms with Crippen LogP contribution in [0.1, 0.15) is 30.0 Å². The first-order valence-electron chi connectivity index (χ1n) is 11.9. The maximum absolute atomic E-state index is 9.64. The van der Waals surface area contributed by atoms with Crippen molar-refractivity contribution in [2.45, 2.75) is 31.2 Å². The van der Waals surface area contributed by atoms with Crippen molar-refractivity contribution in [2.75, 3.05) is 13.2 Å². The Hall–Kier alpha value is -3.90. The summed E-state index contributed by atoms with van der Waals surface area (Å²) in [6, 6.07) is 35.0. The number of benzene rings is 3. The Kier molecular flexibility index (Phi) is 7.95. The molecule has 3 atom stereocenters. The molecule has 0 bridgehead atoms. The van der Waals surface area contributed by atoms with Crippen LogP contribution in [0, 0.1) is 28.6 Å². The molecule has 4 rings (SSSR count). The van der Waals surface area contributed by atoms with Gasteiger partial charge in [0, 0.05) is 6.20 Å². The highest BCUT2D eigenvalue weighted by molar-refractivity contribution is 5.47. The smallest absolute Gasteiger partial charge is 0.143 e. The second kappa shape index (κ2) is 11.5. The van der Waals surface area contributed by atoms with Crippen LogP contribution in [0.2, 0.25) is 0 Å². The van der Waals surface area contributed by atoms with Crippen molar-refractivity contribution < 1.29 is 9.47 Å². The topological polar surface area (TPSA) is 78.1 Å². The third-order valence-corrected chi connectivity index (χ3v) is 6.39. The molecule has 1 heterocycles. The molecule has 0 spiro atoms. The molecule has 1 fully saturated rings. The first kappa shape index (κ1) is 24.2. The summed E-state index contributed by atoms with van der Waals surface area (Å²) in [7, 11) is 0. The van der Waals surface area contributed by atoms with E-state index in [4.69, 9.17) is 14.7 Å². The van der Waals surface area contributed by atoms with Crippen LogP contribution in [0.5, 0.6) is 0 Å². The number of ether oxygens (including phenoxy) is 2. The zero-order valence-corrected chi connectivity index (χ0v) is 19.8. The van der Waals surface area contributed by atoms with E-state index in [1.54, 1.807) is 6.20 Å². The minimum Gasteiger partial charge on any atom is -0.377 e. The lowest BCUT2D eigenvalue weighted by molar-refractivity contribution is -0.0563. The summed E-state index contributed by atoms with van der Waals surface area (Å²) in [6.45, 7) is 2.59. The second-order valence-electron chi connectivity index (χ2n) is 8.73. The first-order chi connectivity index (χ1) is 17.2. The van der Waals surface area contributed by atoms with Crippen LogP contribution in [-0.4, -0.2) is 25.4 Å². The van der Waals surface area contributed by atoms with Gasteiger partial charge in [-0.2, -0.15) is 10.5 Å². The lowest BCUT2D eigenvalue weighted by atomic mass is 9.80. The molecule has 0 aliphatic carbocycles. The fourth-order valence-electron chi connectivity index (χ4n) is 4.79. The van der Waals surface area contributed by atoms with E-state index in [2.05, 4.69) is 54.7 Å². The summed E-state index contributed by atoms with van der Waals surface area (Å²) < 4.78 is 13.2. The number of hydrogen-bond acceptors (Lipinski definition) is 5. The average Bonchev–Trinajstić information content (AvgIpc) is 3.29. The average molecular weight is 464 g/mol. The van der Waals surface area contributed by atoms with Gasteiger partial charge in [-0.1, -0.05) is 97.9 Å². The summed E-state index contributed by atoms with van der Waals surface area (Å²) in [6.07, 6.45) is 1.87. The van der Waals surface area contributed by atoms with Gasteiger partial charge in [0.1, 0.15) is 12.1 Å². The van der Waals surface area contributed by atoms with Crippen LogP contribution >= 0.6 is 0 Å². The third-order valence-electron chi connectivity index (χ3n) is 6.39. The van der Waals surface area contributed by atoms with Gasteiger partial charge in [0.05, 0.1) is 36.5 Å². The lowest BCUT2D eigenvalue weighted by Crippen LogP contribution is -2.35. The summed E-state index contributed by atoms with van der Waals surface area (Å²) in [5, 5.41) is 21.3. The van der Waals surface area contributed by atoms with Gasteiger partial charge in [-0.25, -0.2) is 0 Å². The van der Waals surface area contributed by atoms with Gasteiger partial charge >= 0.3 is 0 Å². The number of nitrogens with zero attached hydrogens (tertiary/aromatic N) is 2. The predicted octanol–water partition coefficient (Wildman–Crippen LogP) is 5.31. The van der Waals surface area contributed by atoms with Crippen LogP contribution in [0.3, 0.4) is 0 Å². The molecule has 1 aliphatic heterocycles. The Morgan fingerprint density at radius 3 is 1.91 bits per heavy atom. The normalized spacial score (nSPS) is 20.1. The van der Waals surface area contributed by atoms with Crippen molar-refractivity contribution in [3.05, 3.63) is 119 Å². The highest BCUT2D eigenvalue weighted by Crippen LogP contribution is 2.41. The van der Waals surface area contributed by atoms with Crippen molar-refractivity contribution in [1.82, 2.24) is 5.32 Å². The van der Waals surface area contributed by atoms with Crippen molar-refractivity contribution in [3.63, 3.8) is 0 Å². The summed E-state index contributed by atoms with van der Waals surface area (Å²) in [5.41, 5.74) is 2.81. The SMILES string of the molecule is CC1C[C@@H](COC(c2ccccc2)(c2ccccc2)c2ccccc2)OC1/C(C#N)=C/NCC#N. The van der Waals surface area contributed by atoms with E-state index in [1.807, 2.05) is 60.7 Å². The van der Waals surface area contributed by atoms with E-state index in [9.17, 15) is 5.26 Å². The van der Waals surface area contributed by atoms with Gasteiger partial charge in [0.25, 0.3) is 0 Å². The molecule has 1 saturated heterocycles. The Morgan fingerprint density at radius 1 is 0.943 bits per heavy atom. The molecular weight excluding hydrogens is 434 g/mol. The Balaban J connectivity index is 1.65. The minimum absolute atomic E-state index is 0.145. The van der Waals surface area contributed by atoms with Crippen molar-refractivity contribution in [3.8, 4) is 12.1 Å². The summed E-state index contributed by atoms with van der Waals surface area (Å²) >= 11 is 0. The molecule has 176 valence electrons. The van der Waals surface area contributed by atoms with E-state index in [1.165, 1.54) is 0 Å². The zero-order valence-electron chi connectivity index (χ0n) is 19.8. The number of nitrogens with one attached hydrogen (secondary N) is 1.